The SMILES string of the molecule is CCCCCCCC[N+]1(C)CCCC1.O=C([O-])c1c(F)c(F)c(F)c(F)c1F. The maximum atomic E-state index is 12.5. The summed E-state index contributed by atoms with van der Waals surface area (Å²) in [6, 6.07) is 0. The normalized spacial score (nSPS) is 15.2. The fraction of sp³-hybridized carbons (Fsp3) is 0.650. The number of quaternary nitrogens is 1. The summed E-state index contributed by atoms with van der Waals surface area (Å²) in [5, 5.41) is 10.0. The van der Waals surface area contributed by atoms with E-state index >= 15 is 0 Å². The minimum atomic E-state index is -2.47. The van der Waals surface area contributed by atoms with Crippen LogP contribution in [0.3, 0.4) is 0 Å². The van der Waals surface area contributed by atoms with Gasteiger partial charge in [-0.05, 0) is 12.8 Å². The van der Waals surface area contributed by atoms with Crippen LogP contribution in [-0.2, 0) is 0 Å². The van der Waals surface area contributed by atoms with Crippen LogP contribution in [0.2, 0.25) is 0 Å². The summed E-state index contributed by atoms with van der Waals surface area (Å²) < 4.78 is 63.3. The van der Waals surface area contributed by atoms with Crippen LogP contribution in [-0.4, -0.2) is 37.1 Å². The van der Waals surface area contributed by atoms with Crippen molar-refractivity contribution in [2.45, 2.75) is 58.3 Å². The highest BCUT2D eigenvalue weighted by atomic mass is 19.2. The zero-order valence-corrected chi connectivity index (χ0v) is 16.4. The van der Waals surface area contributed by atoms with Gasteiger partial charge < -0.3 is 14.4 Å². The lowest BCUT2D eigenvalue weighted by molar-refractivity contribution is -0.897. The summed E-state index contributed by atoms with van der Waals surface area (Å²) in [5.74, 6) is -14.4. The molecule has 3 nitrogen and oxygen atoms in total. The van der Waals surface area contributed by atoms with E-state index in [-0.39, 0.29) is 0 Å². The zero-order chi connectivity index (χ0) is 21.3. The lowest BCUT2D eigenvalue weighted by atomic mass is 10.1. The predicted molar refractivity (Wildman–Crippen MR) is 94.0 cm³/mol. The van der Waals surface area contributed by atoms with Gasteiger partial charge in [-0.3, -0.25) is 0 Å². The summed E-state index contributed by atoms with van der Waals surface area (Å²) in [6.45, 7) is 6.60. The number of rotatable bonds is 8. The molecule has 8 heteroatoms. The van der Waals surface area contributed by atoms with Crippen LogP contribution in [0, 0.1) is 29.1 Å². The maximum absolute atomic E-state index is 12.5. The molecule has 1 fully saturated rings. The largest absolute Gasteiger partial charge is 0.545 e. The van der Waals surface area contributed by atoms with E-state index in [9.17, 15) is 31.9 Å². The number of carboxylic acid groups (broad SMARTS) is 1. The molecule has 1 saturated heterocycles. The number of carbonyl (C=O) groups is 1. The van der Waals surface area contributed by atoms with Gasteiger partial charge >= 0.3 is 0 Å². The van der Waals surface area contributed by atoms with Gasteiger partial charge in [0.2, 0.25) is 5.82 Å². The molecule has 0 bridgehead atoms. The first-order chi connectivity index (χ1) is 13.1. The summed E-state index contributed by atoms with van der Waals surface area (Å²) in [7, 11) is 2.44. The quantitative estimate of drug-likeness (QED) is 0.211. The third-order valence-electron chi connectivity index (χ3n) is 5.11. The van der Waals surface area contributed by atoms with E-state index in [1.165, 1.54) is 75.5 Å². The number of likely N-dealkylation sites (tertiary alicyclic amines) is 1. The third kappa shape index (κ3) is 6.72. The van der Waals surface area contributed by atoms with Crippen LogP contribution in [0.4, 0.5) is 22.0 Å². The number of benzene rings is 1. The van der Waals surface area contributed by atoms with Crippen LogP contribution < -0.4 is 5.11 Å². The van der Waals surface area contributed by atoms with Crippen molar-refractivity contribution in [2.75, 3.05) is 26.7 Å². The van der Waals surface area contributed by atoms with Crippen LogP contribution in [0.1, 0.15) is 68.6 Å². The number of hydrogen-bond acceptors (Lipinski definition) is 2. The summed E-state index contributed by atoms with van der Waals surface area (Å²) >= 11 is 0. The van der Waals surface area contributed by atoms with Crippen LogP contribution in [0.5, 0.6) is 0 Å². The van der Waals surface area contributed by atoms with Gasteiger partial charge in [0.05, 0.1) is 38.2 Å². The van der Waals surface area contributed by atoms with Crippen molar-refractivity contribution >= 4 is 5.97 Å². The Bertz CT molecular complexity index is 631. The average Bonchev–Trinajstić information content (AvgIpc) is 3.08. The first kappa shape index (κ1) is 24.3. The van der Waals surface area contributed by atoms with Crippen molar-refractivity contribution in [3.05, 3.63) is 34.6 Å². The molecule has 1 aromatic carbocycles. The number of halogens is 5. The first-order valence-corrected chi connectivity index (χ1v) is 9.71. The molecular weight excluding hydrogens is 381 g/mol. The van der Waals surface area contributed by atoms with Gasteiger partial charge in [0.25, 0.3) is 0 Å². The van der Waals surface area contributed by atoms with Gasteiger partial charge in [-0.2, -0.15) is 0 Å². The van der Waals surface area contributed by atoms with Crippen molar-refractivity contribution in [1.82, 2.24) is 0 Å². The average molecular weight is 409 g/mol. The van der Waals surface area contributed by atoms with Gasteiger partial charge in [0, 0.05) is 12.8 Å². The molecule has 1 aliphatic heterocycles. The number of nitrogens with zero attached hydrogens (tertiary/aromatic N) is 1. The molecule has 0 aromatic heterocycles. The second-order valence-corrected chi connectivity index (χ2v) is 7.50. The van der Waals surface area contributed by atoms with E-state index in [1.54, 1.807) is 0 Å². The van der Waals surface area contributed by atoms with Crippen molar-refractivity contribution in [3.8, 4) is 0 Å². The first-order valence-electron chi connectivity index (χ1n) is 9.71. The topological polar surface area (TPSA) is 40.1 Å². The minimum Gasteiger partial charge on any atom is -0.545 e. The van der Waals surface area contributed by atoms with Gasteiger partial charge in [0.15, 0.2) is 23.3 Å². The van der Waals surface area contributed by atoms with Crippen LogP contribution in [0.25, 0.3) is 0 Å². The highest BCUT2D eigenvalue weighted by Gasteiger charge is 2.26. The Labute approximate surface area is 162 Å². The van der Waals surface area contributed by atoms with Gasteiger partial charge in [0.1, 0.15) is 0 Å². The summed E-state index contributed by atoms with van der Waals surface area (Å²) in [4.78, 5) is 10.0. The summed E-state index contributed by atoms with van der Waals surface area (Å²) in [5.41, 5.74) is -1.97. The number of carbonyl (C=O) groups excluding carboxylic acids is 1. The molecular formula is C20H28F5NO2. The van der Waals surface area contributed by atoms with Crippen molar-refractivity contribution in [3.63, 3.8) is 0 Å². The smallest absolute Gasteiger partial charge is 0.200 e. The van der Waals surface area contributed by atoms with E-state index in [4.69, 9.17) is 0 Å². The lowest BCUT2D eigenvalue weighted by Gasteiger charge is -2.29. The fourth-order valence-electron chi connectivity index (χ4n) is 3.38. The lowest BCUT2D eigenvalue weighted by Crippen LogP contribution is -2.41. The van der Waals surface area contributed by atoms with Gasteiger partial charge in [-0.1, -0.05) is 32.6 Å². The molecule has 28 heavy (non-hydrogen) atoms. The maximum Gasteiger partial charge on any atom is 0.200 e. The van der Waals surface area contributed by atoms with Crippen molar-refractivity contribution in [1.29, 1.82) is 0 Å². The van der Waals surface area contributed by atoms with Crippen LogP contribution >= 0.6 is 0 Å². The molecule has 160 valence electrons. The molecule has 0 N–H and O–H groups in total. The Kier molecular flexibility index (Phi) is 9.85. The van der Waals surface area contributed by atoms with E-state index in [0.29, 0.717) is 0 Å². The van der Waals surface area contributed by atoms with Crippen LogP contribution in [0.15, 0.2) is 0 Å². The standard InChI is InChI=1S/C13H28N.C7HF5O2/c1-3-4-5-6-7-8-11-14(2)12-9-10-13-14;8-2-1(7(13)14)3(9)5(11)6(12)4(2)10/h3-13H2,1-2H3;(H,13,14)/q+1;/p-1. The minimum absolute atomic E-state index is 1.37. The molecule has 0 radical (unpaired) electrons. The number of aromatic carboxylic acids is 1. The monoisotopic (exact) mass is 409 g/mol. The second-order valence-electron chi connectivity index (χ2n) is 7.50. The van der Waals surface area contributed by atoms with E-state index in [0.717, 1.165) is 0 Å². The molecule has 1 aliphatic rings. The second kappa shape index (κ2) is 11.3. The Hall–Kier alpha value is -1.70. The van der Waals surface area contributed by atoms with E-state index in [2.05, 4.69) is 14.0 Å². The Morgan fingerprint density at radius 3 is 1.71 bits per heavy atom. The highest BCUT2D eigenvalue weighted by molar-refractivity contribution is 5.86. The summed E-state index contributed by atoms with van der Waals surface area (Å²) in [6.07, 6.45) is 11.6. The predicted octanol–water partition coefficient (Wildman–Crippen LogP) is 4.33. The molecule has 1 heterocycles. The number of hydrogen-bond donors (Lipinski definition) is 0. The Morgan fingerprint density at radius 1 is 0.821 bits per heavy atom. The highest BCUT2D eigenvalue weighted by Crippen LogP contribution is 2.22. The third-order valence-corrected chi connectivity index (χ3v) is 5.11. The molecule has 0 amide bonds. The van der Waals surface area contributed by atoms with Gasteiger partial charge in [-0.25, -0.2) is 22.0 Å². The molecule has 0 spiro atoms. The number of unbranched alkanes of at least 4 members (excludes halogenated alkanes) is 5. The fourth-order valence-corrected chi connectivity index (χ4v) is 3.38. The Balaban J connectivity index is 0.000000280. The molecule has 0 saturated carbocycles. The van der Waals surface area contributed by atoms with Crippen molar-refractivity contribution < 1.29 is 36.3 Å². The van der Waals surface area contributed by atoms with Gasteiger partial charge in [-0.15, -0.1) is 0 Å². The zero-order valence-electron chi connectivity index (χ0n) is 16.4. The molecule has 0 aliphatic carbocycles. The molecule has 0 unspecified atom stereocenters. The molecule has 1 aromatic rings. The number of carboxylic acids is 1. The molecule has 0 atom stereocenters. The molecule has 2 rings (SSSR count). The Morgan fingerprint density at radius 2 is 1.25 bits per heavy atom. The van der Waals surface area contributed by atoms with E-state index in [1.807, 2.05) is 0 Å². The van der Waals surface area contributed by atoms with E-state index < -0.39 is 40.6 Å². The van der Waals surface area contributed by atoms with Crippen molar-refractivity contribution in [2.24, 2.45) is 0 Å².